The summed E-state index contributed by atoms with van der Waals surface area (Å²) in [6.45, 7) is -0.797. The summed E-state index contributed by atoms with van der Waals surface area (Å²) >= 11 is 0. The zero-order valence-corrected chi connectivity index (χ0v) is 7.77. The third-order valence-corrected chi connectivity index (χ3v) is 2.15. The van der Waals surface area contributed by atoms with Gasteiger partial charge in [-0.2, -0.15) is 4.99 Å². The number of carbonyl (C=O) groups excluding carboxylic acids is 2. The van der Waals surface area contributed by atoms with Gasteiger partial charge in [0.1, 0.15) is 12.2 Å². The minimum absolute atomic E-state index is 0.797. The van der Waals surface area contributed by atoms with Crippen LogP contribution in [0.25, 0.3) is 0 Å². The molecular weight excluding hydrogens is 224 g/mol. The molecule has 0 amide bonds. The highest BCUT2D eigenvalue weighted by Crippen LogP contribution is 2.39. The fourth-order valence-corrected chi connectivity index (χ4v) is 1.33. The number of aliphatic imine (C=N–C) groups is 2. The molecule has 0 aromatic carbocycles. The lowest BCUT2D eigenvalue weighted by molar-refractivity contribution is -0.260. The van der Waals surface area contributed by atoms with Crippen LogP contribution in [0.15, 0.2) is 9.98 Å². The lowest BCUT2D eigenvalue weighted by Crippen LogP contribution is -2.54. The van der Waals surface area contributed by atoms with E-state index in [1.807, 2.05) is 0 Å². The number of aliphatic hydroxyl groups excluding tert-OH is 2. The van der Waals surface area contributed by atoms with Crippen molar-refractivity contribution in [3.63, 3.8) is 0 Å². The van der Waals surface area contributed by atoms with Crippen LogP contribution >= 0.6 is 0 Å². The molecule has 4 N–H and O–H groups in total. The van der Waals surface area contributed by atoms with Gasteiger partial charge in [0.05, 0.1) is 6.61 Å². The van der Waals surface area contributed by atoms with Gasteiger partial charge in [-0.1, -0.05) is 0 Å². The topological polar surface area (TPSA) is 149 Å². The Morgan fingerprint density at radius 1 is 1.25 bits per heavy atom. The van der Waals surface area contributed by atoms with Gasteiger partial charge in [0.25, 0.3) is 5.72 Å². The van der Waals surface area contributed by atoms with E-state index in [1.54, 1.807) is 0 Å². The Morgan fingerprint density at radius 3 is 2.25 bits per heavy atom. The average Bonchev–Trinajstić information content (AvgIpc) is 2.41. The van der Waals surface area contributed by atoms with Crippen molar-refractivity contribution in [1.82, 2.24) is 0 Å². The largest absolute Gasteiger partial charge is 0.394 e. The normalized spacial score (nSPS) is 42.2. The van der Waals surface area contributed by atoms with Crippen LogP contribution in [-0.2, 0) is 14.3 Å². The molecule has 0 radical (unpaired) electrons. The fraction of sp³-hybridized carbons (Fsp3) is 0.714. The molecule has 4 atom stereocenters. The molecule has 0 aromatic heterocycles. The summed E-state index contributed by atoms with van der Waals surface area (Å²) in [5, 5.41) is 37.4. The Balaban J connectivity index is 3.28. The highest BCUT2D eigenvalue weighted by atomic mass is 16.7. The Kier molecular flexibility index (Phi) is 3.32. The molecule has 0 bridgehead atoms. The molecule has 1 fully saturated rings. The first-order valence-electron chi connectivity index (χ1n) is 4.04. The smallest absolute Gasteiger partial charge is 0.333 e. The maximum Gasteiger partial charge on any atom is 0.333 e. The lowest BCUT2D eigenvalue weighted by atomic mass is 10.0. The molecule has 0 spiro atoms. The fourth-order valence-electron chi connectivity index (χ4n) is 1.33. The van der Waals surface area contributed by atoms with Gasteiger partial charge in [-0.3, -0.25) is 0 Å². The van der Waals surface area contributed by atoms with Crippen molar-refractivity contribution in [3.8, 4) is 0 Å². The predicted octanol–water partition coefficient (Wildman–Crippen LogP) is -3.26. The van der Waals surface area contributed by atoms with Crippen LogP contribution < -0.4 is 0 Å². The second-order valence-electron chi connectivity index (χ2n) is 3.02. The predicted molar refractivity (Wildman–Crippen MR) is 44.1 cm³/mol. The summed E-state index contributed by atoms with van der Waals surface area (Å²) in [7, 11) is 0. The summed E-state index contributed by atoms with van der Waals surface area (Å²) in [5.74, 6) is -2.99. The van der Waals surface area contributed by atoms with Crippen molar-refractivity contribution in [2.45, 2.75) is 23.8 Å². The molecule has 2 unspecified atom stereocenters. The summed E-state index contributed by atoms with van der Waals surface area (Å²) < 4.78 is 4.52. The Labute approximate surface area is 88.3 Å². The number of rotatable bonds is 3. The second-order valence-corrected chi connectivity index (χ2v) is 3.02. The van der Waals surface area contributed by atoms with Crippen molar-refractivity contribution in [2.75, 3.05) is 6.61 Å². The van der Waals surface area contributed by atoms with Crippen LogP contribution in [-0.4, -0.2) is 63.0 Å². The van der Waals surface area contributed by atoms with Crippen LogP contribution in [0.5, 0.6) is 0 Å². The monoisotopic (exact) mass is 232 g/mol. The van der Waals surface area contributed by atoms with Crippen LogP contribution in [0.3, 0.4) is 0 Å². The Bertz CT molecular complexity index is 375. The Morgan fingerprint density at radius 2 is 1.81 bits per heavy atom. The highest BCUT2D eigenvalue weighted by Gasteiger charge is 2.67. The van der Waals surface area contributed by atoms with Crippen LogP contribution in [0.4, 0.5) is 0 Å². The molecule has 1 aliphatic rings. The first kappa shape index (κ1) is 12.6. The maximum absolute atomic E-state index is 10.1. The van der Waals surface area contributed by atoms with Gasteiger partial charge in [0.15, 0.2) is 0 Å². The number of aliphatic hydroxyl groups is 4. The molecule has 9 nitrogen and oxygen atoms in total. The van der Waals surface area contributed by atoms with Gasteiger partial charge in [0, 0.05) is 0 Å². The van der Waals surface area contributed by atoms with E-state index < -0.39 is 30.5 Å². The van der Waals surface area contributed by atoms with Crippen molar-refractivity contribution in [1.29, 1.82) is 0 Å². The molecule has 1 saturated heterocycles. The quantitative estimate of drug-likeness (QED) is 0.294. The zero-order valence-electron chi connectivity index (χ0n) is 7.77. The summed E-state index contributed by atoms with van der Waals surface area (Å²) in [6.07, 6.45) is -1.65. The molecule has 16 heavy (non-hydrogen) atoms. The average molecular weight is 232 g/mol. The number of isocyanates is 2. The molecular formula is C7H8N2O7. The Hall–Kier alpha value is -1.44. The van der Waals surface area contributed by atoms with E-state index >= 15 is 0 Å². The molecule has 0 aliphatic carbocycles. The van der Waals surface area contributed by atoms with E-state index in [0.717, 1.165) is 12.2 Å². The first-order chi connectivity index (χ1) is 7.45. The van der Waals surface area contributed by atoms with E-state index in [4.69, 9.17) is 5.11 Å². The van der Waals surface area contributed by atoms with Crippen molar-refractivity contribution in [3.05, 3.63) is 0 Å². The minimum atomic E-state index is -2.99. The van der Waals surface area contributed by atoms with E-state index in [2.05, 4.69) is 14.7 Å². The molecule has 9 heteroatoms. The van der Waals surface area contributed by atoms with Crippen molar-refractivity contribution < 1.29 is 34.8 Å². The summed E-state index contributed by atoms with van der Waals surface area (Å²) in [6, 6.07) is 0. The third kappa shape index (κ3) is 1.58. The van der Waals surface area contributed by atoms with E-state index in [0.29, 0.717) is 0 Å². The van der Waals surface area contributed by atoms with Gasteiger partial charge in [-0.15, -0.1) is 4.99 Å². The lowest BCUT2D eigenvalue weighted by Gasteiger charge is -2.27. The number of hydrogen-bond acceptors (Lipinski definition) is 9. The van der Waals surface area contributed by atoms with Gasteiger partial charge in [-0.05, 0) is 0 Å². The van der Waals surface area contributed by atoms with Crippen molar-refractivity contribution in [2.24, 2.45) is 9.98 Å². The zero-order chi connectivity index (χ0) is 12.4. The van der Waals surface area contributed by atoms with Gasteiger partial charge >= 0.3 is 5.91 Å². The van der Waals surface area contributed by atoms with Crippen LogP contribution in [0, 0.1) is 0 Å². The number of nitrogens with zero attached hydrogens (tertiary/aromatic N) is 2. The van der Waals surface area contributed by atoms with E-state index in [-0.39, 0.29) is 0 Å². The summed E-state index contributed by atoms with van der Waals surface area (Å²) in [5.41, 5.74) is -2.92. The molecule has 88 valence electrons. The van der Waals surface area contributed by atoms with Crippen LogP contribution in [0.1, 0.15) is 0 Å². The number of hydrogen-bond donors (Lipinski definition) is 4. The molecule has 0 saturated carbocycles. The van der Waals surface area contributed by atoms with Gasteiger partial charge < -0.3 is 25.2 Å². The number of ether oxygens (including phenoxy) is 1. The van der Waals surface area contributed by atoms with E-state index in [1.165, 1.54) is 0 Å². The SMILES string of the molecule is O=C=NC1(O)O[C@H](CO)[C@H](O)C1(O)N=C=O. The van der Waals surface area contributed by atoms with E-state index in [9.17, 15) is 24.9 Å². The highest BCUT2D eigenvalue weighted by molar-refractivity contribution is 5.38. The molecule has 1 aliphatic heterocycles. The maximum atomic E-state index is 10.1. The molecule has 1 rings (SSSR count). The third-order valence-electron chi connectivity index (χ3n) is 2.15. The molecule has 0 aromatic rings. The van der Waals surface area contributed by atoms with Gasteiger partial charge in [0.2, 0.25) is 12.2 Å². The van der Waals surface area contributed by atoms with Crippen LogP contribution in [0.2, 0.25) is 0 Å². The first-order valence-corrected chi connectivity index (χ1v) is 4.04. The molecule has 1 heterocycles. The minimum Gasteiger partial charge on any atom is -0.394 e. The second kappa shape index (κ2) is 4.20. The summed E-state index contributed by atoms with van der Waals surface area (Å²) in [4.78, 5) is 25.6. The standard InChI is InChI=1S/C7H8N2O7/c10-1-4-5(13)6(14,8-2-11)7(15,16-4)9-3-12/h4-5,10,13-15H,1H2/t4-,5+,6?,7?/m1/s1. The van der Waals surface area contributed by atoms with Gasteiger partial charge in [-0.25, -0.2) is 9.59 Å². The van der Waals surface area contributed by atoms with Crippen molar-refractivity contribution >= 4 is 12.2 Å².